The van der Waals surface area contributed by atoms with Crippen molar-refractivity contribution in [1.29, 1.82) is 0 Å². The number of benzene rings is 3. The molecule has 4 rings (SSSR count). The summed E-state index contributed by atoms with van der Waals surface area (Å²) in [5.74, 6) is 5.99. The first-order valence-corrected chi connectivity index (χ1v) is 14.0. The lowest BCUT2D eigenvalue weighted by molar-refractivity contribution is -0.274. The van der Waals surface area contributed by atoms with Crippen LogP contribution in [0.5, 0.6) is 5.75 Å². The molecular formula is C28H26F6N6O3S. The van der Waals surface area contributed by atoms with Gasteiger partial charge in [0.2, 0.25) is 10.0 Å². The monoisotopic (exact) mass is 640 g/mol. The Morgan fingerprint density at radius 2 is 1.59 bits per heavy atom. The number of alkyl halides is 6. The summed E-state index contributed by atoms with van der Waals surface area (Å²) in [5, 5.41) is 1.05. The standard InChI is InChI=1S/C28H26F6N6O3S/c1-17-37-26(27(29,30)31)16-39(17)23-12-9-20(19-5-4-6-22(13-19)44(41,42)38(2)3)14-24(23)40(36)25(15-35)18-7-10-21(11-8-18)43-28(32,33)34/h4-16H,35-36H2,1-3H3/b25-15-. The largest absolute Gasteiger partial charge is 0.573 e. The van der Waals surface area contributed by atoms with E-state index in [1.54, 1.807) is 12.1 Å². The van der Waals surface area contributed by atoms with E-state index in [2.05, 4.69) is 9.72 Å². The van der Waals surface area contributed by atoms with Crippen LogP contribution in [0.4, 0.5) is 32.0 Å². The Morgan fingerprint density at radius 1 is 0.955 bits per heavy atom. The molecule has 0 atom stereocenters. The molecule has 0 aliphatic heterocycles. The number of hydrogen-bond donors (Lipinski definition) is 2. The zero-order chi connectivity index (χ0) is 32.6. The molecule has 44 heavy (non-hydrogen) atoms. The summed E-state index contributed by atoms with van der Waals surface area (Å²) >= 11 is 0. The predicted octanol–water partition coefficient (Wildman–Crippen LogP) is 5.65. The number of anilines is 1. The minimum atomic E-state index is -4.91. The topological polar surface area (TPSA) is 120 Å². The third-order valence-corrected chi connectivity index (χ3v) is 8.23. The second-order valence-electron chi connectivity index (χ2n) is 9.55. The molecular weight excluding hydrogens is 614 g/mol. The van der Waals surface area contributed by atoms with E-state index in [4.69, 9.17) is 11.6 Å². The van der Waals surface area contributed by atoms with Crippen molar-refractivity contribution >= 4 is 21.4 Å². The van der Waals surface area contributed by atoms with Gasteiger partial charge >= 0.3 is 12.5 Å². The maximum absolute atomic E-state index is 13.5. The fraction of sp³-hybridized carbons (Fsp3) is 0.179. The molecule has 3 aromatic carbocycles. The van der Waals surface area contributed by atoms with Crippen LogP contribution >= 0.6 is 0 Å². The SMILES string of the molecule is Cc1nc(C(F)(F)F)cn1-c1ccc(-c2cccc(S(=O)(=O)N(C)C)c2)cc1N(N)/C(=C\N)c1ccc(OC(F)(F)F)cc1. The normalized spacial score (nSPS) is 12.9. The number of aryl methyl sites for hydroxylation is 1. The van der Waals surface area contributed by atoms with Crippen LogP contribution in [0.25, 0.3) is 22.5 Å². The molecule has 0 fully saturated rings. The van der Waals surface area contributed by atoms with E-state index in [-0.39, 0.29) is 33.4 Å². The van der Waals surface area contributed by atoms with Crippen molar-refractivity contribution in [1.82, 2.24) is 13.9 Å². The van der Waals surface area contributed by atoms with Gasteiger partial charge in [-0.1, -0.05) is 18.2 Å². The first-order chi connectivity index (χ1) is 20.4. The molecule has 234 valence electrons. The van der Waals surface area contributed by atoms with E-state index in [9.17, 15) is 34.8 Å². The Balaban J connectivity index is 1.87. The van der Waals surface area contributed by atoms with Gasteiger partial charge in [0.25, 0.3) is 0 Å². The van der Waals surface area contributed by atoms with Crippen LogP contribution in [0.1, 0.15) is 17.1 Å². The lowest BCUT2D eigenvalue weighted by Gasteiger charge is -2.26. The number of imidazole rings is 1. The maximum Gasteiger partial charge on any atom is 0.573 e. The number of nitrogens with two attached hydrogens (primary N) is 2. The lowest BCUT2D eigenvalue weighted by Crippen LogP contribution is -2.31. The van der Waals surface area contributed by atoms with Crippen molar-refractivity contribution in [2.45, 2.75) is 24.4 Å². The molecule has 0 aliphatic rings. The van der Waals surface area contributed by atoms with Crippen LogP contribution < -0.4 is 21.3 Å². The summed E-state index contributed by atoms with van der Waals surface area (Å²) in [6.07, 6.45) is -7.78. The van der Waals surface area contributed by atoms with Gasteiger partial charge < -0.3 is 15.0 Å². The summed E-state index contributed by atoms with van der Waals surface area (Å²) < 4.78 is 110. The number of hydrazine groups is 1. The summed E-state index contributed by atoms with van der Waals surface area (Å²) in [6, 6.07) is 15.2. The summed E-state index contributed by atoms with van der Waals surface area (Å²) in [5.41, 5.74) is 6.17. The summed E-state index contributed by atoms with van der Waals surface area (Å²) in [7, 11) is -1.03. The molecule has 0 unspecified atom stereocenters. The molecule has 1 aromatic heterocycles. The van der Waals surface area contributed by atoms with Crippen molar-refractivity contribution < 1.29 is 39.5 Å². The number of ether oxygens (including phenoxy) is 1. The Morgan fingerprint density at radius 3 is 2.14 bits per heavy atom. The van der Waals surface area contributed by atoms with E-state index >= 15 is 0 Å². The van der Waals surface area contributed by atoms with Gasteiger partial charge in [-0.05, 0) is 66.6 Å². The van der Waals surface area contributed by atoms with Crippen molar-refractivity contribution in [3.8, 4) is 22.6 Å². The van der Waals surface area contributed by atoms with Crippen molar-refractivity contribution in [3.05, 3.63) is 96.2 Å². The van der Waals surface area contributed by atoms with Gasteiger partial charge in [0.1, 0.15) is 11.6 Å². The van der Waals surface area contributed by atoms with Crippen LogP contribution in [0.15, 0.2) is 84.0 Å². The second kappa shape index (κ2) is 11.9. The number of nitrogens with zero attached hydrogens (tertiary/aromatic N) is 4. The molecule has 0 aliphatic carbocycles. The van der Waals surface area contributed by atoms with Crippen LogP contribution in [0, 0.1) is 6.92 Å². The fourth-order valence-electron chi connectivity index (χ4n) is 4.27. The smallest absolute Gasteiger partial charge is 0.406 e. The van der Waals surface area contributed by atoms with E-state index in [0.717, 1.165) is 33.8 Å². The maximum atomic E-state index is 13.5. The quantitative estimate of drug-likeness (QED) is 0.145. The van der Waals surface area contributed by atoms with Gasteiger partial charge in [-0.15, -0.1) is 13.2 Å². The number of hydrogen-bond acceptors (Lipinski definition) is 7. The zero-order valence-electron chi connectivity index (χ0n) is 23.3. The van der Waals surface area contributed by atoms with E-state index in [0.29, 0.717) is 11.1 Å². The van der Waals surface area contributed by atoms with Crippen LogP contribution in [-0.2, 0) is 16.2 Å². The van der Waals surface area contributed by atoms with Crippen molar-refractivity contribution in [3.63, 3.8) is 0 Å². The first-order valence-electron chi connectivity index (χ1n) is 12.6. The highest BCUT2D eigenvalue weighted by Gasteiger charge is 2.35. The fourth-order valence-corrected chi connectivity index (χ4v) is 5.22. The number of sulfonamides is 1. The molecule has 0 saturated heterocycles. The Labute approximate surface area is 248 Å². The molecule has 0 spiro atoms. The Hall–Kier alpha value is -4.54. The van der Waals surface area contributed by atoms with Crippen molar-refractivity contribution in [2.24, 2.45) is 11.6 Å². The van der Waals surface area contributed by atoms with Gasteiger partial charge in [-0.2, -0.15) is 13.2 Å². The van der Waals surface area contributed by atoms with Gasteiger partial charge in [0.15, 0.2) is 5.69 Å². The minimum absolute atomic E-state index is 0.000729. The molecule has 9 nitrogen and oxygen atoms in total. The van der Waals surface area contributed by atoms with E-state index in [1.807, 2.05) is 0 Å². The average molecular weight is 641 g/mol. The summed E-state index contributed by atoms with van der Waals surface area (Å²) in [4.78, 5) is 3.62. The van der Waals surface area contributed by atoms with Gasteiger partial charge in [0.05, 0.1) is 22.0 Å². The van der Waals surface area contributed by atoms with Crippen LogP contribution in [0.2, 0.25) is 0 Å². The average Bonchev–Trinajstić information content (AvgIpc) is 3.35. The Kier molecular flexibility index (Phi) is 8.73. The predicted molar refractivity (Wildman–Crippen MR) is 152 cm³/mol. The highest BCUT2D eigenvalue weighted by Crippen LogP contribution is 2.37. The van der Waals surface area contributed by atoms with E-state index in [1.165, 1.54) is 68.1 Å². The molecule has 0 radical (unpaired) electrons. The van der Waals surface area contributed by atoms with Crippen LogP contribution in [-0.4, -0.2) is 42.7 Å². The molecule has 4 aromatic rings. The lowest BCUT2D eigenvalue weighted by atomic mass is 10.0. The van der Waals surface area contributed by atoms with Gasteiger partial charge in [0, 0.05) is 32.1 Å². The first kappa shape index (κ1) is 32.4. The molecule has 0 saturated carbocycles. The van der Waals surface area contributed by atoms with Gasteiger partial charge in [-0.3, -0.25) is 5.01 Å². The highest BCUT2D eigenvalue weighted by atomic mass is 32.2. The number of rotatable bonds is 8. The molecule has 0 amide bonds. The molecule has 0 bridgehead atoms. The molecule has 16 heteroatoms. The Bertz CT molecular complexity index is 1800. The molecule has 4 N–H and O–H groups in total. The van der Waals surface area contributed by atoms with Crippen LogP contribution in [0.3, 0.4) is 0 Å². The molecule has 1 heterocycles. The number of aromatic nitrogens is 2. The zero-order valence-corrected chi connectivity index (χ0v) is 24.2. The third-order valence-electron chi connectivity index (χ3n) is 6.41. The minimum Gasteiger partial charge on any atom is -0.406 e. The summed E-state index contributed by atoms with van der Waals surface area (Å²) in [6.45, 7) is 1.36. The van der Waals surface area contributed by atoms with E-state index < -0.39 is 34.0 Å². The van der Waals surface area contributed by atoms with Gasteiger partial charge in [-0.25, -0.2) is 23.5 Å². The third kappa shape index (κ3) is 6.82. The second-order valence-corrected chi connectivity index (χ2v) is 11.7. The van der Waals surface area contributed by atoms with Crippen molar-refractivity contribution in [2.75, 3.05) is 19.1 Å². The highest BCUT2D eigenvalue weighted by molar-refractivity contribution is 7.89. The number of halogens is 6.